The summed E-state index contributed by atoms with van der Waals surface area (Å²) in [6, 6.07) is 7.05. The van der Waals surface area contributed by atoms with Crippen LogP contribution in [-0.2, 0) is 19.1 Å². The van der Waals surface area contributed by atoms with Crippen molar-refractivity contribution in [1.82, 2.24) is 15.1 Å². The molecule has 3 fully saturated rings. The van der Waals surface area contributed by atoms with E-state index in [2.05, 4.69) is 29.4 Å². The monoisotopic (exact) mass is 582 g/mol. The lowest BCUT2D eigenvalue weighted by Gasteiger charge is -2.34. The highest BCUT2D eigenvalue weighted by molar-refractivity contribution is 7.98. The molecular weight excluding hydrogens is 536 g/mol. The zero-order valence-corrected chi connectivity index (χ0v) is 25.6. The molecule has 5 atom stereocenters. The summed E-state index contributed by atoms with van der Waals surface area (Å²) in [6.07, 6.45) is 13.5. The van der Waals surface area contributed by atoms with Crippen molar-refractivity contribution in [3.63, 3.8) is 0 Å². The van der Waals surface area contributed by atoms with E-state index in [1.165, 1.54) is 6.42 Å². The van der Waals surface area contributed by atoms with E-state index < -0.39 is 29.6 Å². The highest BCUT2D eigenvalue weighted by Gasteiger charge is 2.72. The number of nitrogens with zero attached hydrogens (tertiary/aromatic N) is 2. The van der Waals surface area contributed by atoms with Crippen LogP contribution in [0.4, 0.5) is 5.69 Å². The predicted octanol–water partition coefficient (Wildman–Crippen LogP) is 4.46. The minimum atomic E-state index is -1.11. The third-order valence-electron chi connectivity index (χ3n) is 9.17. The number of hydrogen-bond acceptors (Lipinski definition) is 6. The fourth-order valence-corrected chi connectivity index (χ4v) is 7.85. The number of thioether (sulfide) groups is 1. The first-order valence-electron chi connectivity index (χ1n) is 15.6. The number of hydrogen-bond donors (Lipinski definition) is 2. The molecule has 1 aliphatic carbocycles. The van der Waals surface area contributed by atoms with Crippen molar-refractivity contribution in [3.8, 4) is 0 Å². The number of carbonyl (C=O) groups is 3. The molecule has 224 valence electrons. The largest absolute Gasteiger partial charge is 0.359 e. The zero-order chi connectivity index (χ0) is 29.0. The number of ether oxygens (including phenoxy) is 1. The summed E-state index contributed by atoms with van der Waals surface area (Å²) >= 11 is 1.61. The van der Waals surface area contributed by atoms with E-state index in [0.29, 0.717) is 12.2 Å². The van der Waals surface area contributed by atoms with Crippen molar-refractivity contribution in [3.05, 3.63) is 36.4 Å². The highest BCUT2D eigenvalue weighted by atomic mass is 32.2. The van der Waals surface area contributed by atoms with Crippen molar-refractivity contribution < 1.29 is 19.1 Å². The second-order valence-corrected chi connectivity index (χ2v) is 12.9. The zero-order valence-electron chi connectivity index (χ0n) is 24.8. The molecule has 4 aliphatic rings. The first-order chi connectivity index (χ1) is 19.9. The maximum Gasteiger partial charge on any atom is 0.246 e. The van der Waals surface area contributed by atoms with E-state index in [0.717, 1.165) is 69.5 Å². The van der Waals surface area contributed by atoms with Gasteiger partial charge in [-0.05, 0) is 76.2 Å². The van der Waals surface area contributed by atoms with Gasteiger partial charge in [-0.1, -0.05) is 51.3 Å². The molecule has 1 aromatic carbocycles. The molecule has 3 amide bonds. The fourth-order valence-electron chi connectivity index (χ4n) is 7.39. The minimum absolute atomic E-state index is 0.124. The lowest BCUT2D eigenvalue weighted by atomic mass is 9.74. The lowest BCUT2D eigenvalue weighted by Crippen LogP contribution is -2.56. The van der Waals surface area contributed by atoms with Gasteiger partial charge in [0.25, 0.3) is 0 Å². The standard InChI is InChI=1S/C32H46N4O4S/c1-4-17-35(18-5-2)19-10-20-36-28(30(38)33-22-11-7-6-8-12-22)32-16-15-25(40-32)26(27(32)31(36)39)29(37)34-23-13-9-14-24(21-23)41-3/h9,13-16,21-22,25-28H,4-8,10-12,17-20H2,1-3H3,(H,33,38)(H,34,37)/t25-,26?,27-,28?,32?/m0/s1. The molecule has 3 unspecified atom stereocenters. The molecule has 2 saturated heterocycles. The van der Waals surface area contributed by atoms with E-state index in [1.807, 2.05) is 42.7 Å². The van der Waals surface area contributed by atoms with Gasteiger partial charge in [-0.25, -0.2) is 0 Å². The van der Waals surface area contributed by atoms with Crippen LogP contribution < -0.4 is 10.6 Å². The van der Waals surface area contributed by atoms with Gasteiger partial charge in [-0.15, -0.1) is 11.8 Å². The van der Waals surface area contributed by atoms with Gasteiger partial charge in [-0.2, -0.15) is 0 Å². The molecule has 2 N–H and O–H groups in total. The maximum absolute atomic E-state index is 14.2. The minimum Gasteiger partial charge on any atom is -0.359 e. The van der Waals surface area contributed by atoms with Crippen LogP contribution >= 0.6 is 11.8 Å². The van der Waals surface area contributed by atoms with Crippen LogP contribution in [0, 0.1) is 11.8 Å². The summed E-state index contributed by atoms with van der Waals surface area (Å²) in [5.74, 6) is -1.92. The molecule has 1 saturated carbocycles. The summed E-state index contributed by atoms with van der Waals surface area (Å²) in [5.41, 5.74) is -0.417. The van der Waals surface area contributed by atoms with Crippen molar-refractivity contribution in [2.45, 2.75) is 93.9 Å². The van der Waals surface area contributed by atoms with Crippen molar-refractivity contribution in [2.75, 3.05) is 37.8 Å². The van der Waals surface area contributed by atoms with Crippen molar-refractivity contribution in [1.29, 1.82) is 0 Å². The number of nitrogens with one attached hydrogen (secondary N) is 2. The summed E-state index contributed by atoms with van der Waals surface area (Å²) in [4.78, 5) is 47.1. The molecule has 1 aromatic rings. The van der Waals surface area contributed by atoms with Gasteiger partial charge in [0.1, 0.15) is 11.6 Å². The molecule has 9 heteroatoms. The number of anilines is 1. The molecule has 3 aliphatic heterocycles. The maximum atomic E-state index is 14.2. The SMILES string of the molecule is CCCN(CCC)CCCN1C(=O)[C@@H]2C(C(=O)Nc3cccc(SC)c3)[C@@H]3C=CC2(O3)C1C(=O)NC1CCCCC1. The van der Waals surface area contributed by atoms with E-state index in [1.54, 1.807) is 16.7 Å². The summed E-state index contributed by atoms with van der Waals surface area (Å²) < 4.78 is 6.52. The Labute approximate surface area is 249 Å². The van der Waals surface area contributed by atoms with Crippen LogP contribution in [-0.4, -0.2) is 83.7 Å². The Morgan fingerprint density at radius 3 is 2.56 bits per heavy atom. The number of rotatable bonds is 13. The van der Waals surface area contributed by atoms with Crippen LogP contribution in [0.15, 0.2) is 41.3 Å². The number of amides is 3. The Kier molecular flexibility index (Phi) is 9.77. The van der Waals surface area contributed by atoms with E-state index in [4.69, 9.17) is 4.74 Å². The Bertz CT molecular complexity index is 1130. The van der Waals surface area contributed by atoms with Gasteiger partial charge < -0.3 is 25.2 Å². The third kappa shape index (κ3) is 6.09. The second kappa shape index (κ2) is 13.3. The Morgan fingerprint density at radius 2 is 1.85 bits per heavy atom. The molecule has 5 rings (SSSR count). The molecule has 0 radical (unpaired) electrons. The quantitative estimate of drug-likeness (QED) is 0.264. The van der Waals surface area contributed by atoms with Crippen molar-refractivity contribution in [2.24, 2.45) is 11.8 Å². The third-order valence-corrected chi connectivity index (χ3v) is 9.89. The fraction of sp³-hybridized carbons (Fsp3) is 0.656. The van der Waals surface area contributed by atoms with Crippen LogP contribution in [0.3, 0.4) is 0 Å². The Hall–Kier alpha value is -2.36. The summed E-state index contributed by atoms with van der Waals surface area (Å²) in [7, 11) is 0. The average Bonchev–Trinajstić information content (AvgIpc) is 3.61. The lowest BCUT2D eigenvalue weighted by molar-refractivity contribution is -0.141. The first kappa shape index (κ1) is 30.1. The normalized spacial score (nSPS) is 28.9. The van der Waals surface area contributed by atoms with Crippen LogP contribution in [0.2, 0.25) is 0 Å². The van der Waals surface area contributed by atoms with Crippen LogP contribution in [0.25, 0.3) is 0 Å². The molecule has 3 heterocycles. The van der Waals surface area contributed by atoms with Gasteiger partial charge in [0.05, 0.1) is 17.9 Å². The van der Waals surface area contributed by atoms with Crippen molar-refractivity contribution >= 4 is 35.2 Å². The molecule has 1 spiro atoms. The van der Waals surface area contributed by atoms with Gasteiger partial charge in [-0.3, -0.25) is 14.4 Å². The Balaban J connectivity index is 1.38. The smallest absolute Gasteiger partial charge is 0.246 e. The van der Waals surface area contributed by atoms with E-state index >= 15 is 0 Å². The van der Waals surface area contributed by atoms with E-state index in [-0.39, 0.29) is 23.8 Å². The average molecular weight is 583 g/mol. The predicted molar refractivity (Wildman–Crippen MR) is 163 cm³/mol. The van der Waals surface area contributed by atoms with E-state index in [9.17, 15) is 14.4 Å². The number of benzene rings is 1. The first-order valence-corrected chi connectivity index (χ1v) is 16.8. The van der Waals surface area contributed by atoms with Gasteiger partial charge in [0.15, 0.2) is 0 Å². The van der Waals surface area contributed by atoms with Crippen LogP contribution in [0.1, 0.15) is 65.2 Å². The second-order valence-electron chi connectivity index (χ2n) is 12.0. The van der Waals surface area contributed by atoms with Crippen LogP contribution in [0.5, 0.6) is 0 Å². The summed E-state index contributed by atoms with van der Waals surface area (Å²) in [5, 5.41) is 6.32. The summed E-state index contributed by atoms with van der Waals surface area (Å²) in [6.45, 7) is 7.74. The number of likely N-dealkylation sites (tertiary alicyclic amines) is 1. The van der Waals surface area contributed by atoms with Gasteiger partial charge in [0.2, 0.25) is 17.7 Å². The molecular formula is C32H46N4O4S. The topological polar surface area (TPSA) is 91.0 Å². The molecule has 41 heavy (non-hydrogen) atoms. The van der Waals surface area contributed by atoms with Gasteiger partial charge >= 0.3 is 0 Å². The Morgan fingerprint density at radius 1 is 1.10 bits per heavy atom. The molecule has 0 aromatic heterocycles. The number of carbonyl (C=O) groups excluding carboxylic acids is 3. The number of fused-ring (bicyclic) bond motifs is 1. The molecule has 8 nitrogen and oxygen atoms in total. The van der Waals surface area contributed by atoms with Gasteiger partial charge in [0, 0.05) is 23.2 Å². The molecule has 2 bridgehead atoms. The highest BCUT2D eigenvalue weighted by Crippen LogP contribution is 2.55.